The van der Waals surface area contributed by atoms with E-state index < -0.39 is 0 Å². The lowest BCUT2D eigenvalue weighted by atomic mass is 9.98. The maximum Gasteiger partial charge on any atom is 0.269 e. The summed E-state index contributed by atoms with van der Waals surface area (Å²) in [6.07, 6.45) is 2.53. The van der Waals surface area contributed by atoms with Crippen LogP contribution < -0.4 is 5.32 Å². The van der Waals surface area contributed by atoms with Crippen molar-refractivity contribution in [2.75, 3.05) is 0 Å². The van der Waals surface area contributed by atoms with E-state index in [1.54, 1.807) is 12.1 Å². The van der Waals surface area contributed by atoms with E-state index in [1.165, 1.54) is 18.9 Å². The van der Waals surface area contributed by atoms with Gasteiger partial charge in [0.15, 0.2) is 0 Å². The van der Waals surface area contributed by atoms with Gasteiger partial charge in [-0.05, 0) is 37.7 Å². The first-order valence-electron chi connectivity index (χ1n) is 6.43. The number of benzene rings is 1. The van der Waals surface area contributed by atoms with Gasteiger partial charge >= 0.3 is 0 Å². The van der Waals surface area contributed by atoms with Crippen LogP contribution in [0.5, 0.6) is 0 Å². The lowest BCUT2D eigenvalue weighted by Gasteiger charge is -2.25. The highest BCUT2D eigenvalue weighted by Gasteiger charge is 2.42. The zero-order valence-corrected chi connectivity index (χ0v) is 11.1. The highest BCUT2D eigenvalue weighted by Crippen LogP contribution is 2.48. The summed E-state index contributed by atoms with van der Waals surface area (Å²) in [5, 5.41) is 14.3. The fraction of sp³-hybridized carbons (Fsp3) is 0.571. The number of hydrogen-bond donors (Lipinski definition) is 1. The van der Waals surface area contributed by atoms with E-state index in [9.17, 15) is 10.1 Å². The van der Waals surface area contributed by atoms with Crippen LogP contribution in [0.3, 0.4) is 0 Å². The number of rotatable bonds is 5. The van der Waals surface area contributed by atoms with Crippen molar-refractivity contribution in [1.29, 1.82) is 0 Å². The van der Waals surface area contributed by atoms with Crippen LogP contribution in [0.25, 0.3) is 0 Å². The molecule has 0 saturated heterocycles. The van der Waals surface area contributed by atoms with E-state index in [4.69, 9.17) is 0 Å². The Morgan fingerprint density at radius 1 is 1.39 bits per heavy atom. The molecule has 0 spiro atoms. The van der Waals surface area contributed by atoms with Gasteiger partial charge in [0.2, 0.25) is 0 Å². The van der Waals surface area contributed by atoms with Gasteiger partial charge in [-0.15, -0.1) is 0 Å². The minimum absolute atomic E-state index is 0.136. The summed E-state index contributed by atoms with van der Waals surface area (Å²) in [5.74, 6) is 0. The number of non-ortho nitro benzene ring substituents is 1. The minimum atomic E-state index is -0.345. The minimum Gasteiger partial charge on any atom is -0.307 e. The van der Waals surface area contributed by atoms with Gasteiger partial charge < -0.3 is 5.32 Å². The topological polar surface area (TPSA) is 55.2 Å². The Balaban J connectivity index is 2.06. The van der Waals surface area contributed by atoms with Crippen LogP contribution in [0.1, 0.15) is 45.2 Å². The van der Waals surface area contributed by atoms with Gasteiger partial charge in [0.05, 0.1) is 4.92 Å². The summed E-state index contributed by atoms with van der Waals surface area (Å²) in [6, 6.07) is 7.44. The van der Waals surface area contributed by atoms with Crippen LogP contribution in [0.15, 0.2) is 24.3 Å². The molecule has 0 aliphatic heterocycles. The van der Waals surface area contributed by atoms with Crippen molar-refractivity contribution in [2.24, 2.45) is 5.41 Å². The van der Waals surface area contributed by atoms with E-state index in [0.717, 1.165) is 5.56 Å². The molecule has 2 unspecified atom stereocenters. The molecule has 1 aliphatic rings. The molecule has 1 aliphatic carbocycles. The summed E-state index contributed by atoms with van der Waals surface area (Å²) in [5.41, 5.74) is 1.54. The van der Waals surface area contributed by atoms with E-state index in [1.807, 2.05) is 6.07 Å². The van der Waals surface area contributed by atoms with Crippen LogP contribution in [0.4, 0.5) is 5.69 Å². The van der Waals surface area contributed by atoms with E-state index >= 15 is 0 Å². The number of nitro benzene ring substituents is 1. The SMILES string of the molecule is CC(NC(C)C1(C)CC1)c1cccc([N+](=O)[O-])c1. The molecule has 2 rings (SSSR count). The average molecular weight is 248 g/mol. The lowest BCUT2D eigenvalue weighted by molar-refractivity contribution is -0.384. The van der Waals surface area contributed by atoms with Crippen molar-refractivity contribution < 1.29 is 4.92 Å². The number of hydrogen-bond acceptors (Lipinski definition) is 3. The second kappa shape index (κ2) is 4.69. The van der Waals surface area contributed by atoms with Crippen molar-refractivity contribution in [3.63, 3.8) is 0 Å². The zero-order valence-electron chi connectivity index (χ0n) is 11.1. The van der Waals surface area contributed by atoms with E-state index in [0.29, 0.717) is 11.5 Å². The quantitative estimate of drug-likeness (QED) is 0.641. The number of nitrogens with one attached hydrogen (secondary N) is 1. The normalized spacial score (nSPS) is 20.2. The van der Waals surface area contributed by atoms with Gasteiger partial charge in [0, 0.05) is 24.2 Å². The lowest BCUT2D eigenvalue weighted by Crippen LogP contribution is -2.35. The van der Waals surface area contributed by atoms with Crippen LogP contribution in [0, 0.1) is 15.5 Å². The van der Waals surface area contributed by atoms with Gasteiger partial charge in [0.25, 0.3) is 5.69 Å². The second-order valence-corrected chi connectivity index (χ2v) is 5.62. The first-order valence-corrected chi connectivity index (χ1v) is 6.43. The highest BCUT2D eigenvalue weighted by molar-refractivity contribution is 5.35. The van der Waals surface area contributed by atoms with Gasteiger partial charge in [0.1, 0.15) is 0 Å². The Bertz CT molecular complexity index is 455. The van der Waals surface area contributed by atoms with Crippen LogP contribution in [0.2, 0.25) is 0 Å². The molecule has 4 nitrogen and oxygen atoms in total. The molecule has 1 N–H and O–H groups in total. The summed E-state index contributed by atoms with van der Waals surface area (Å²) in [6.45, 7) is 6.53. The van der Waals surface area contributed by atoms with Gasteiger partial charge in [-0.1, -0.05) is 19.1 Å². The monoisotopic (exact) mass is 248 g/mol. The number of nitrogens with zero attached hydrogens (tertiary/aromatic N) is 1. The van der Waals surface area contributed by atoms with E-state index in [2.05, 4.69) is 26.1 Å². The molecule has 4 heteroatoms. The molecule has 1 fully saturated rings. The first-order chi connectivity index (χ1) is 8.42. The van der Waals surface area contributed by atoms with Crippen molar-refractivity contribution >= 4 is 5.69 Å². The van der Waals surface area contributed by atoms with Crippen molar-refractivity contribution in [3.05, 3.63) is 39.9 Å². The maximum absolute atomic E-state index is 10.8. The molecule has 1 aromatic carbocycles. The Morgan fingerprint density at radius 2 is 2.06 bits per heavy atom. The van der Waals surface area contributed by atoms with Gasteiger partial charge in [-0.25, -0.2) is 0 Å². The summed E-state index contributed by atoms with van der Waals surface area (Å²) in [4.78, 5) is 10.4. The second-order valence-electron chi connectivity index (χ2n) is 5.62. The maximum atomic E-state index is 10.8. The van der Waals surface area contributed by atoms with Gasteiger partial charge in [-0.3, -0.25) is 10.1 Å². The summed E-state index contributed by atoms with van der Waals surface area (Å²) >= 11 is 0. The van der Waals surface area contributed by atoms with Crippen molar-refractivity contribution in [2.45, 2.75) is 45.7 Å². The third kappa shape index (κ3) is 2.70. The predicted octanol–water partition coefficient (Wildman–Crippen LogP) is 3.43. The summed E-state index contributed by atoms with van der Waals surface area (Å²) in [7, 11) is 0. The fourth-order valence-electron chi connectivity index (χ4n) is 2.21. The van der Waals surface area contributed by atoms with E-state index in [-0.39, 0.29) is 16.7 Å². The smallest absolute Gasteiger partial charge is 0.269 e. The Labute approximate surface area is 108 Å². The molecule has 0 aromatic heterocycles. The van der Waals surface area contributed by atoms with Crippen LogP contribution in [-0.2, 0) is 0 Å². The Kier molecular flexibility index (Phi) is 3.39. The molecular formula is C14H20N2O2. The fourth-order valence-corrected chi connectivity index (χ4v) is 2.21. The Morgan fingerprint density at radius 3 is 2.61 bits per heavy atom. The molecule has 2 atom stereocenters. The van der Waals surface area contributed by atoms with Crippen LogP contribution in [-0.4, -0.2) is 11.0 Å². The molecule has 0 amide bonds. The molecule has 0 radical (unpaired) electrons. The zero-order chi connectivity index (χ0) is 13.3. The number of nitro groups is 1. The molecular weight excluding hydrogens is 228 g/mol. The first kappa shape index (κ1) is 13.0. The average Bonchev–Trinajstić information content (AvgIpc) is 3.09. The molecule has 0 bridgehead atoms. The Hall–Kier alpha value is -1.42. The molecule has 1 saturated carbocycles. The molecule has 98 valence electrons. The highest BCUT2D eigenvalue weighted by atomic mass is 16.6. The van der Waals surface area contributed by atoms with Crippen molar-refractivity contribution in [1.82, 2.24) is 5.32 Å². The predicted molar refractivity (Wildman–Crippen MR) is 71.5 cm³/mol. The standard InChI is InChI=1S/C14H20N2O2/c1-10(15-11(2)14(3)7-8-14)12-5-4-6-13(9-12)16(17)18/h4-6,9-11,15H,7-8H2,1-3H3. The summed E-state index contributed by atoms with van der Waals surface area (Å²) < 4.78 is 0. The third-order valence-electron chi connectivity index (χ3n) is 4.17. The molecule has 0 heterocycles. The van der Waals surface area contributed by atoms with Crippen LogP contribution >= 0.6 is 0 Å². The molecule has 18 heavy (non-hydrogen) atoms. The van der Waals surface area contributed by atoms with Crippen molar-refractivity contribution in [3.8, 4) is 0 Å². The molecule has 1 aromatic rings. The largest absolute Gasteiger partial charge is 0.307 e. The van der Waals surface area contributed by atoms with Gasteiger partial charge in [-0.2, -0.15) is 0 Å². The third-order valence-corrected chi connectivity index (χ3v) is 4.17.